The SMILES string of the molecule is CCCCCCC(F)(F)CCCCCCC=C[C@H](C(=O)N[C@@H](Cc1ccc(OCCCC)cc1)C(=O)OC)[C@@](O)(CCOC)C(=O)Oc1oc(=O)oc1C. The molecule has 12 nitrogen and oxygen atoms in total. The predicted molar refractivity (Wildman–Crippen MR) is 198 cm³/mol. The molecule has 1 aromatic heterocycles. The van der Waals surface area contributed by atoms with E-state index in [4.69, 9.17) is 27.8 Å². The van der Waals surface area contributed by atoms with Gasteiger partial charge in [-0.3, -0.25) is 4.79 Å². The van der Waals surface area contributed by atoms with Crippen LogP contribution in [-0.4, -0.2) is 68.0 Å². The third-order valence-corrected chi connectivity index (χ3v) is 9.04. The highest BCUT2D eigenvalue weighted by molar-refractivity contribution is 5.94. The van der Waals surface area contributed by atoms with E-state index in [0.29, 0.717) is 56.4 Å². The van der Waals surface area contributed by atoms with Crippen LogP contribution in [0.5, 0.6) is 11.7 Å². The van der Waals surface area contributed by atoms with Gasteiger partial charge in [-0.25, -0.2) is 23.2 Å². The number of allylic oxidation sites excluding steroid dienone is 1. The van der Waals surface area contributed by atoms with Crippen LogP contribution in [0.2, 0.25) is 0 Å². The summed E-state index contributed by atoms with van der Waals surface area (Å²) >= 11 is 0. The molecule has 1 aromatic carbocycles. The molecule has 2 N–H and O–H groups in total. The summed E-state index contributed by atoms with van der Waals surface area (Å²) in [4.78, 5) is 52.2. The molecule has 0 saturated carbocycles. The molecular weight excluding hydrogens is 708 g/mol. The van der Waals surface area contributed by atoms with Crippen molar-refractivity contribution in [2.75, 3.05) is 27.4 Å². The molecule has 0 unspecified atom stereocenters. The molecule has 3 atom stereocenters. The number of hydrogen-bond acceptors (Lipinski definition) is 11. The number of aryl methyl sites for hydroxylation is 1. The van der Waals surface area contributed by atoms with Crippen LogP contribution >= 0.6 is 0 Å². The van der Waals surface area contributed by atoms with Gasteiger partial charge in [0, 0.05) is 46.3 Å². The number of carbonyl (C=O) groups is 3. The third-order valence-electron chi connectivity index (χ3n) is 9.04. The Kier molecular flexibility index (Phi) is 20.8. The van der Waals surface area contributed by atoms with Crippen LogP contribution in [-0.2, 0) is 30.3 Å². The fourth-order valence-electron chi connectivity index (χ4n) is 5.76. The van der Waals surface area contributed by atoms with Gasteiger partial charge in [-0.05, 0) is 49.8 Å². The lowest BCUT2D eigenvalue weighted by atomic mass is 9.82. The number of halogens is 2. The van der Waals surface area contributed by atoms with Crippen molar-refractivity contribution in [2.24, 2.45) is 5.92 Å². The molecule has 2 aromatic rings. The highest BCUT2D eigenvalue weighted by Gasteiger charge is 2.49. The number of carbonyl (C=O) groups excluding carboxylic acids is 3. The summed E-state index contributed by atoms with van der Waals surface area (Å²) in [6, 6.07) is 5.79. The van der Waals surface area contributed by atoms with Gasteiger partial charge in [0.05, 0.1) is 19.6 Å². The number of esters is 2. The monoisotopic (exact) mass is 767 g/mol. The van der Waals surface area contributed by atoms with Crippen LogP contribution in [0, 0.1) is 12.8 Å². The first-order chi connectivity index (χ1) is 25.8. The number of aliphatic hydroxyl groups is 1. The summed E-state index contributed by atoms with van der Waals surface area (Å²) in [6.45, 7) is 5.78. The van der Waals surface area contributed by atoms with Crippen LogP contribution in [0.15, 0.2) is 50.0 Å². The smallest absolute Gasteiger partial charge is 0.494 e. The summed E-state index contributed by atoms with van der Waals surface area (Å²) in [5.74, 6) is -8.55. The zero-order chi connectivity index (χ0) is 40.0. The van der Waals surface area contributed by atoms with E-state index in [2.05, 4.69) is 12.2 Å². The van der Waals surface area contributed by atoms with E-state index >= 15 is 0 Å². The molecule has 0 aliphatic carbocycles. The highest BCUT2D eigenvalue weighted by atomic mass is 19.3. The molecular formula is C40H59F2NO11. The molecule has 0 saturated heterocycles. The second kappa shape index (κ2) is 24.4. The zero-order valence-corrected chi connectivity index (χ0v) is 32.4. The maximum absolute atomic E-state index is 14.2. The van der Waals surface area contributed by atoms with E-state index in [1.165, 1.54) is 27.2 Å². The number of benzene rings is 1. The Morgan fingerprint density at radius 3 is 2.13 bits per heavy atom. The minimum atomic E-state index is -2.68. The molecule has 0 aliphatic rings. The number of ether oxygens (including phenoxy) is 4. The van der Waals surface area contributed by atoms with E-state index in [0.717, 1.165) is 32.1 Å². The number of hydrogen-bond donors (Lipinski definition) is 2. The Balaban J connectivity index is 2.25. The Morgan fingerprint density at radius 1 is 0.889 bits per heavy atom. The summed E-state index contributed by atoms with van der Waals surface area (Å²) in [5.41, 5.74) is -1.91. The average molecular weight is 768 g/mol. The van der Waals surface area contributed by atoms with Crippen molar-refractivity contribution < 1.29 is 56.1 Å². The van der Waals surface area contributed by atoms with Gasteiger partial charge in [0.15, 0.2) is 11.4 Å². The molecule has 0 aliphatic heterocycles. The minimum Gasteiger partial charge on any atom is -0.494 e. The lowest BCUT2D eigenvalue weighted by Crippen LogP contribution is -2.56. The van der Waals surface area contributed by atoms with Crippen molar-refractivity contribution in [3.05, 3.63) is 58.4 Å². The van der Waals surface area contributed by atoms with Crippen LogP contribution in [0.3, 0.4) is 0 Å². The second-order valence-electron chi connectivity index (χ2n) is 13.5. The van der Waals surface area contributed by atoms with Crippen molar-refractivity contribution in [3.8, 4) is 11.7 Å². The van der Waals surface area contributed by atoms with Crippen molar-refractivity contribution in [1.29, 1.82) is 0 Å². The first-order valence-electron chi connectivity index (χ1n) is 19.0. The minimum absolute atomic E-state index is 0.0161. The fourth-order valence-corrected chi connectivity index (χ4v) is 5.76. The maximum atomic E-state index is 14.2. The van der Waals surface area contributed by atoms with Gasteiger partial charge in [-0.1, -0.05) is 76.7 Å². The highest BCUT2D eigenvalue weighted by Crippen LogP contribution is 2.30. The number of unbranched alkanes of at least 4 members (excludes halogenated alkanes) is 8. The van der Waals surface area contributed by atoms with Crippen LogP contribution in [0.4, 0.5) is 8.78 Å². The van der Waals surface area contributed by atoms with Crippen LogP contribution in [0.25, 0.3) is 0 Å². The number of rotatable bonds is 28. The molecule has 54 heavy (non-hydrogen) atoms. The predicted octanol–water partition coefficient (Wildman–Crippen LogP) is 7.41. The first kappa shape index (κ1) is 46.1. The molecule has 2 rings (SSSR count). The van der Waals surface area contributed by atoms with Crippen molar-refractivity contribution in [2.45, 2.75) is 135 Å². The zero-order valence-electron chi connectivity index (χ0n) is 32.4. The largest absolute Gasteiger partial charge is 0.521 e. The molecule has 0 bridgehead atoms. The number of nitrogens with one attached hydrogen (secondary N) is 1. The lowest BCUT2D eigenvalue weighted by molar-refractivity contribution is -0.167. The van der Waals surface area contributed by atoms with Gasteiger partial charge < -0.3 is 38.2 Å². The van der Waals surface area contributed by atoms with Gasteiger partial charge in [0.2, 0.25) is 11.8 Å². The van der Waals surface area contributed by atoms with E-state index in [1.807, 2.05) is 6.92 Å². The van der Waals surface area contributed by atoms with E-state index < -0.39 is 59.5 Å². The van der Waals surface area contributed by atoms with Crippen molar-refractivity contribution in [1.82, 2.24) is 5.32 Å². The van der Waals surface area contributed by atoms with Crippen molar-refractivity contribution in [3.63, 3.8) is 0 Å². The Bertz CT molecular complexity index is 1490. The number of alkyl halides is 2. The summed E-state index contributed by atoms with van der Waals surface area (Å²) in [7, 11) is 2.51. The van der Waals surface area contributed by atoms with Gasteiger partial charge in [0.25, 0.3) is 0 Å². The normalized spacial score (nSPS) is 14.0. The number of amides is 1. The maximum Gasteiger partial charge on any atom is 0.521 e. The Morgan fingerprint density at radius 2 is 1.54 bits per heavy atom. The first-order valence-corrected chi connectivity index (χ1v) is 19.0. The van der Waals surface area contributed by atoms with Gasteiger partial charge >= 0.3 is 23.7 Å². The summed E-state index contributed by atoms with van der Waals surface area (Å²) < 4.78 is 59.1. The molecule has 0 radical (unpaired) electrons. The van der Waals surface area contributed by atoms with Gasteiger partial charge in [-0.15, -0.1) is 0 Å². The van der Waals surface area contributed by atoms with Crippen LogP contribution < -0.4 is 20.6 Å². The quantitative estimate of drug-likeness (QED) is 0.0503. The lowest BCUT2D eigenvalue weighted by Gasteiger charge is -2.32. The average Bonchev–Trinajstić information content (AvgIpc) is 3.46. The molecule has 304 valence electrons. The topological polar surface area (TPSA) is 164 Å². The van der Waals surface area contributed by atoms with E-state index in [9.17, 15) is 33.1 Å². The van der Waals surface area contributed by atoms with Gasteiger partial charge in [0.1, 0.15) is 11.8 Å². The standard InChI is InChI=1S/C40H59F2NO11/c1-6-8-10-16-23-39(41,42)24-17-14-12-11-13-15-18-32(40(48,25-27-49-4)37(46)53-36-29(3)52-38(47)54-36)34(44)43-33(35(45)50-5)28-30-19-21-31(22-20-30)51-26-9-7-2/h15,18-22,32-33,48H,6-14,16-17,23-28H2,1-5H3,(H,43,44)/t32-,33+,40+/m1/s1. The second-order valence-corrected chi connectivity index (χ2v) is 13.5. The Labute approximate surface area is 316 Å². The summed E-state index contributed by atoms with van der Waals surface area (Å²) in [6.07, 6.45) is 10.0. The summed E-state index contributed by atoms with van der Waals surface area (Å²) in [5, 5.41) is 14.6. The van der Waals surface area contributed by atoms with Crippen molar-refractivity contribution >= 4 is 17.8 Å². The Hall–Kier alpha value is -4.04. The molecule has 14 heteroatoms. The van der Waals surface area contributed by atoms with E-state index in [-0.39, 0.29) is 31.6 Å². The third kappa shape index (κ3) is 16.1. The van der Waals surface area contributed by atoms with E-state index in [1.54, 1.807) is 30.3 Å². The molecule has 1 amide bonds. The number of methoxy groups -OCH3 is 2. The fraction of sp³-hybridized carbons (Fsp3) is 0.650. The molecule has 0 fully saturated rings. The molecule has 0 spiro atoms. The molecule has 1 heterocycles. The van der Waals surface area contributed by atoms with Gasteiger partial charge in [-0.2, -0.15) is 0 Å². The van der Waals surface area contributed by atoms with Crippen LogP contribution in [0.1, 0.15) is 115 Å².